The molecular formula is C14H23NO3. The molecule has 4 heteroatoms. The average molecular weight is 253 g/mol. The lowest BCUT2D eigenvalue weighted by atomic mass is 9.98. The summed E-state index contributed by atoms with van der Waals surface area (Å²) in [5.41, 5.74) is 0. The number of ether oxygens (including phenoxy) is 1. The van der Waals surface area contributed by atoms with Gasteiger partial charge >= 0.3 is 0 Å². The van der Waals surface area contributed by atoms with E-state index in [1.165, 1.54) is 32.1 Å². The number of hydrogen-bond acceptors (Lipinski definition) is 4. The first-order valence-electron chi connectivity index (χ1n) is 6.90. The quantitative estimate of drug-likeness (QED) is 0.732. The molecule has 2 N–H and O–H groups in total. The first-order valence-corrected chi connectivity index (χ1v) is 6.90. The number of furan rings is 1. The predicted molar refractivity (Wildman–Crippen MR) is 69.4 cm³/mol. The highest BCUT2D eigenvalue weighted by Crippen LogP contribution is 2.19. The molecule has 0 radical (unpaired) electrons. The Kier molecular flexibility index (Phi) is 5.71. The third kappa shape index (κ3) is 4.44. The van der Waals surface area contributed by atoms with E-state index in [1.54, 1.807) is 18.4 Å². The molecular weight excluding hydrogens is 230 g/mol. The fraction of sp³-hybridized carbons (Fsp3) is 0.714. The van der Waals surface area contributed by atoms with Crippen LogP contribution in [0.25, 0.3) is 0 Å². The smallest absolute Gasteiger partial charge is 0.133 e. The highest BCUT2D eigenvalue weighted by atomic mass is 16.5. The third-order valence-electron chi connectivity index (χ3n) is 3.39. The van der Waals surface area contributed by atoms with E-state index in [2.05, 4.69) is 5.32 Å². The van der Waals surface area contributed by atoms with Crippen LogP contribution >= 0.6 is 0 Å². The highest BCUT2D eigenvalue weighted by Gasteiger charge is 2.13. The van der Waals surface area contributed by atoms with Crippen LogP contribution in [-0.4, -0.2) is 30.9 Å². The number of nitrogens with one attached hydrogen (secondary N) is 1. The van der Waals surface area contributed by atoms with Gasteiger partial charge in [0, 0.05) is 13.1 Å². The summed E-state index contributed by atoms with van der Waals surface area (Å²) in [6.45, 7) is 1.99. The zero-order valence-electron chi connectivity index (χ0n) is 10.8. The summed E-state index contributed by atoms with van der Waals surface area (Å²) in [4.78, 5) is 0. The lowest BCUT2D eigenvalue weighted by molar-refractivity contribution is 0.0289. The zero-order chi connectivity index (χ0) is 12.6. The van der Waals surface area contributed by atoms with Crippen LogP contribution in [0, 0.1) is 0 Å². The molecule has 0 aliphatic heterocycles. The maximum Gasteiger partial charge on any atom is 0.133 e. The topological polar surface area (TPSA) is 54.6 Å². The monoisotopic (exact) mass is 253 g/mol. The van der Waals surface area contributed by atoms with E-state index in [0.29, 0.717) is 18.4 Å². The Morgan fingerprint density at radius 2 is 2.22 bits per heavy atom. The van der Waals surface area contributed by atoms with Gasteiger partial charge in [0.1, 0.15) is 11.9 Å². The second kappa shape index (κ2) is 7.56. The Hall–Kier alpha value is -0.840. The molecule has 1 atom stereocenters. The molecule has 1 aromatic rings. The van der Waals surface area contributed by atoms with Crippen molar-refractivity contribution in [2.24, 2.45) is 0 Å². The number of aliphatic hydroxyl groups is 1. The second-order valence-electron chi connectivity index (χ2n) is 4.87. The lowest BCUT2D eigenvalue weighted by Gasteiger charge is -2.22. The predicted octanol–water partition coefficient (Wildman–Crippen LogP) is 2.25. The Balaban J connectivity index is 1.50. The molecule has 1 aromatic heterocycles. The van der Waals surface area contributed by atoms with Gasteiger partial charge < -0.3 is 19.6 Å². The van der Waals surface area contributed by atoms with Gasteiger partial charge in [0.05, 0.1) is 19.0 Å². The third-order valence-corrected chi connectivity index (χ3v) is 3.39. The van der Waals surface area contributed by atoms with Crippen molar-refractivity contribution in [3.8, 4) is 0 Å². The van der Waals surface area contributed by atoms with Gasteiger partial charge in [-0.3, -0.25) is 0 Å². The van der Waals surface area contributed by atoms with Gasteiger partial charge in [-0.1, -0.05) is 19.3 Å². The molecule has 2 rings (SSSR count). The number of rotatable bonds is 7. The van der Waals surface area contributed by atoms with Crippen LogP contribution in [0.2, 0.25) is 0 Å². The second-order valence-corrected chi connectivity index (χ2v) is 4.87. The minimum Gasteiger partial charge on any atom is -0.467 e. The van der Waals surface area contributed by atoms with Gasteiger partial charge in [0.15, 0.2) is 0 Å². The van der Waals surface area contributed by atoms with Crippen molar-refractivity contribution >= 4 is 0 Å². The fourth-order valence-electron chi connectivity index (χ4n) is 2.35. The van der Waals surface area contributed by atoms with Crippen LogP contribution in [-0.2, 0) is 4.74 Å². The normalized spacial score (nSPS) is 18.9. The van der Waals surface area contributed by atoms with Crippen molar-refractivity contribution in [1.82, 2.24) is 5.32 Å². The summed E-state index contributed by atoms with van der Waals surface area (Å²) in [6.07, 6.45) is 7.82. The summed E-state index contributed by atoms with van der Waals surface area (Å²) in [5, 5.41) is 12.9. The molecule has 1 fully saturated rings. The van der Waals surface area contributed by atoms with Crippen molar-refractivity contribution < 1.29 is 14.3 Å². The van der Waals surface area contributed by atoms with Gasteiger partial charge in [-0.05, 0) is 25.0 Å². The molecule has 1 heterocycles. The summed E-state index contributed by atoms with van der Waals surface area (Å²) in [6, 6.07) is 3.57. The molecule has 0 bridgehead atoms. The van der Waals surface area contributed by atoms with Gasteiger partial charge in [0.25, 0.3) is 0 Å². The fourth-order valence-corrected chi connectivity index (χ4v) is 2.35. The van der Waals surface area contributed by atoms with Crippen LogP contribution in [0.5, 0.6) is 0 Å². The molecule has 4 nitrogen and oxygen atoms in total. The first kappa shape index (κ1) is 13.6. The van der Waals surface area contributed by atoms with Gasteiger partial charge in [0.2, 0.25) is 0 Å². The van der Waals surface area contributed by atoms with Crippen LogP contribution in [0.15, 0.2) is 22.8 Å². The van der Waals surface area contributed by atoms with Crippen LogP contribution in [0.3, 0.4) is 0 Å². The SMILES string of the molecule is OC(CNCCOC1CCCCC1)c1ccco1. The van der Waals surface area contributed by atoms with E-state index < -0.39 is 6.10 Å². The van der Waals surface area contributed by atoms with Crippen molar-refractivity contribution in [1.29, 1.82) is 0 Å². The van der Waals surface area contributed by atoms with E-state index in [1.807, 2.05) is 0 Å². The van der Waals surface area contributed by atoms with Crippen LogP contribution in [0.4, 0.5) is 0 Å². The van der Waals surface area contributed by atoms with E-state index in [-0.39, 0.29) is 0 Å². The standard InChI is InChI=1S/C14H23NO3/c16-13(14-7-4-9-18-14)11-15-8-10-17-12-5-2-1-3-6-12/h4,7,9,12-13,15-16H,1-3,5-6,8,10-11H2. The Morgan fingerprint density at radius 1 is 1.39 bits per heavy atom. The summed E-state index contributed by atoms with van der Waals surface area (Å²) >= 11 is 0. The van der Waals surface area contributed by atoms with Crippen LogP contribution < -0.4 is 5.32 Å². The van der Waals surface area contributed by atoms with Gasteiger partial charge in [-0.15, -0.1) is 0 Å². The van der Waals surface area contributed by atoms with Gasteiger partial charge in [-0.25, -0.2) is 0 Å². The maximum absolute atomic E-state index is 9.76. The Morgan fingerprint density at radius 3 is 2.94 bits per heavy atom. The zero-order valence-corrected chi connectivity index (χ0v) is 10.8. The first-order chi connectivity index (χ1) is 8.86. The minimum atomic E-state index is -0.574. The molecule has 0 saturated heterocycles. The van der Waals surface area contributed by atoms with Gasteiger partial charge in [-0.2, -0.15) is 0 Å². The Bertz CT molecular complexity index is 307. The molecule has 1 unspecified atom stereocenters. The average Bonchev–Trinajstić information content (AvgIpc) is 2.93. The van der Waals surface area contributed by atoms with Crippen molar-refractivity contribution in [2.75, 3.05) is 19.7 Å². The maximum atomic E-state index is 9.76. The molecule has 0 aromatic carbocycles. The van der Waals surface area contributed by atoms with Crippen LogP contribution in [0.1, 0.15) is 44.0 Å². The van der Waals surface area contributed by atoms with Crippen molar-refractivity contribution in [3.63, 3.8) is 0 Å². The van der Waals surface area contributed by atoms with E-state index in [0.717, 1.165) is 13.2 Å². The lowest BCUT2D eigenvalue weighted by Crippen LogP contribution is -2.27. The molecule has 0 spiro atoms. The van der Waals surface area contributed by atoms with Crippen molar-refractivity contribution in [2.45, 2.75) is 44.3 Å². The van der Waals surface area contributed by atoms with E-state index in [4.69, 9.17) is 9.15 Å². The molecule has 0 amide bonds. The molecule has 1 saturated carbocycles. The molecule has 1 aliphatic rings. The molecule has 102 valence electrons. The largest absolute Gasteiger partial charge is 0.467 e. The molecule has 1 aliphatic carbocycles. The number of aliphatic hydroxyl groups excluding tert-OH is 1. The summed E-state index contributed by atoms with van der Waals surface area (Å²) in [7, 11) is 0. The summed E-state index contributed by atoms with van der Waals surface area (Å²) < 4.78 is 10.9. The number of hydrogen-bond donors (Lipinski definition) is 2. The highest BCUT2D eigenvalue weighted by molar-refractivity contribution is 5.01. The van der Waals surface area contributed by atoms with Crippen molar-refractivity contribution in [3.05, 3.63) is 24.2 Å². The van der Waals surface area contributed by atoms with E-state index >= 15 is 0 Å². The molecule has 18 heavy (non-hydrogen) atoms. The minimum absolute atomic E-state index is 0.454. The summed E-state index contributed by atoms with van der Waals surface area (Å²) in [5.74, 6) is 0.607. The Labute approximate surface area is 108 Å². The van der Waals surface area contributed by atoms with E-state index in [9.17, 15) is 5.11 Å².